The van der Waals surface area contributed by atoms with E-state index in [1.807, 2.05) is 30.3 Å². The second-order valence-electron chi connectivity index (χ2n) is 4.45. The van der Waals surface area contributed by atoms with Crippen molar-refractivity contribution >= 4 is 21.7 Å². The number of Topliss-reactive ketones (excluding diaryl/α,β-unsaturated/α-hetero) is 1. The molecule has 0 aliphatic heterocycles. The van der Waals surface area contributed by atoms with Gasteiger partial charge in [0.1, 0.15) is 11.6 Å². The minimum atomic E-state index is -0.305. The molecule has 0 N–H and O–H groups in total. The third-order valence-corrected chi connectivity index (χ3v) is 3.53. The fraction of sp³-hybridized carbons (Fsp3) is 0.188. The van der Waals surface area contributed by atoms with Gasteiger partial charge >= 0.3 is 0 Å². The van der Waals surface area contributed by atoms with Crippen molar-refractivity contribution in [2.45, 2.75) is 19.3 Å². The number of hydrogen-bond acceptors (Lipinski definition) is 1. The van der Waals surface area contributed by atoms with E-state index in [0.717, 1.165) is 17.5 Å². The lowest BCUT2D eigenvalue weighted by Crippen LogP contribution is -2.04. The van der Waals surface area contributed by atoms with Gasteiger partial charge in [0.25, 0.3) is 0 Å². The van der Waals surface area contributed by atoms with Crippen LogP contribution in [0.4, 0.5) is 4.39 Å². The van der Waals surface area contributed by atoms with Crippen LogP contribution < -0.4 is 0 Å². The minimum absolute atomic E-state index is 0.169. The maximum atomic E-state index is 13.1. The Morgan fingerprint density at radius 3 is 2.47 bits per heavy atom. The highest BCUT2D eigenvalue weighted by Gasteiger charge is 2.06. The lowest BCUT2D eigenvalue weighted by Gasteiger charge is -2.03. The van der Waals surface area contributed by atoms with E-state index in [1.165, 1.54) is 6.07 Å². The molecule has 0 aromatic heterocycles. The summed E-state index contributed by atoms with van der Waals surface area (Å²) in [6.45, 7) is 0. The van der Waals surface area contributed by atoms with Crippen LogP contribution >= 0.6 is 15.9 Å². The van der Waals surface area contributed by atoms with Gasteiger partial charge in [-0.15, -0.1) is 0 Å². The monoisotopic (exact) mass is 320 g/mol. The fourth-order valence-corrected chi connectivity index (χ4v) is 2.32. The topological polar surface area (TPSA) is 17.1 Å². The molecule has 0 amide bonds. The summed E-state index contributed by atoms with van der Waals surface area (Å²) >= 11 is 3.13. The molecule has 0 atom stereocenters. The van der Waals surface area contributed by atoms with Crippen LogP contribution in [-0.4, -0.2) is 5.78 Å². The highest BCUT2D eigenvalue weighted by Crippen LogP contribution is 2.17. The van der Waals surface area contributed by atoms with E-state index in [4.69, 9.17) is 0 Å². The van der Waals surface area contributed by atoms with Gasteiger partial charge in [-0.1, -0.05) is 36.4 Å². The normalized spacial score (nSPS) is 10.4. The fourth-order valence-electron chi connectivity index (χ4n) is 1.89. The summed E-state index contributed by atoms with van der Waals surface area (Å²) in [5.41, 5.74) is 2.00. The zero-order chi connectivity index (χ0) is 13.7. The number of carbonyl (C=O) groups excluding carboxylic acids is 1. The zero-order valence-corrected chi connectivity index (χ0v) is 12.0. The molecule has 0 heterocycles. The van der Waals surface area contributed by atoms with E-state index in [0.29, 0.717) is 17.3 Å². The van der Waals surface area contributed by atoms with E-state index >= 15 is 0 Å². The largest absolute Gasteiger partial charge is 0.299 e. The van der Waals surface area contributed by atoms with Gasteiger partial charge in [0.2, 0.25) is 0 Å². The average Bonchev–Trinajstić information content (AvgIpc) is 2.42. The highest BCUT2D eigenvalue weighted by molar-refractivity contribution is 9.10. The van der Waals surface area contributed by atoms with Crippen molar-refractivity contribution in [1.29, 1.82) is 0 Å². The lowest BCUT2D eigenvalue weighted by molar-refractivity contribution is -0.118. The van der Waals surface area contributed by atoms with Crippen LogP contribution in [0.5, 0.6) is 0 Å². The molecule has 0 aliphatic rings. The summed E-state index contributed by atoms with van der Waals surface area (Å²) in [5.74, 6) is -0.136. The minimum Gasteiger partial charge on any atom is -0.299 e. The van der Waals surface area contributed by atoms with Crippen LogP contribution in [0.3, 0.4) is 0 Å². The van der Waals surface area contributed by atoms with Crippen LogP contribution in [-0.2, 0) is 17.6 Å². The Bertz CT molecular complexity index is 566. The predicted molar refractivity (Wildman–Crippen MR) is 77.6 cm³/mol. The number of hydrogen-bond donors (Lipinski definition) is 0. The van der Waals surface area contributed by atoms with Crippen molar-refractivity contribution in [3.8, 4) is 0 Å². The standard InChI is InChI=1S/C16H14BrFO/c17-15-11-13(7-9-16(15)18)10-14(19)8-6-12-4-2-1-3-5-12/h1-5,7,9,11H,6,8,10H2. The Morgan fingerprint density at radius 1 is 1.05 bits per heavy atom. The number of carbonyl (C=O) groups is 1. The van der Waals surface area contributed by atoms with E-state index in [9.17, 15) is 9.18 Å². The molecule has 2 rings (SSSR count). The summed E-state index contributed by atoms with van der Waals surface area (Å²) in [6.07, 6.45) is 1.62. The molecule has 98 valence electrons. The molecule has 2 aromatic carbocycles. The van der Waals surface area contributed by atoms with Gasteiger partial charge < -0.3 is 0 Å². The molecule has 0 bridgehead atoms. The lowest BCUT2D eigenvalue weighted by atomic mass is 10.0. The van der Waals surface area contributed by atoms with Crippen molar-refractivity contribution < 1.29 is 9.18 Å². The maximum Gasteiger partial charge on any atom is 0.137 e. The quantitative estimate of drug-likeness (QED) is 0.801. The maximum absolute atomic E-state index is 13.1. The molecule has 1 nitrogen and oxygen atoms in total. The molecule has 0 radical (unpaired) electrons. The number of ketones is 1. The Balaban J connectivity index is 1.89. The Kier molecular flexibility index (Phi) is 4.86. The number of benzene rings is 2. The Hall–Kier alpha value is -1.48. The molecule has 0 spiro atoms. The van der Waals surface area contributed by atoms with E-state index < -0.39 is 0 Å². The zero-order valence-electron chi connectivity index (χ0n) is 10.4. The van der Waals surface area contributed by atoms with Crippen LogP contribution in [0, 0.1) is 5.82 Å². The molecular formula is C16H14BrFO. The molecule has 0 saturated heterocycles. The number of aryl methyl sites for hydroxylation is 1. The van der Waals surface area contributed by atoms with Gasteiger partial charge in [0.05, 0.1) is 4.47 Å². The van der Waals surface area contributed by atoms with Crippen molar-refractivity contribution in [1.82, 2.24) is 0 Å². The summed E-state index contributed by atoms with van der Waals surface area (Å²) in [4.78, 5) is 11.9. The molecule has 0 fully saturated rings. The molecule has 19 heavy (non-hydrogen) atoms. The summed E-state index contributed by atoms with van der Waals surface area (Å²) in [7, 11) is 0. The summed E-state index contributed by atoms with van der Waals surface area (Å²) in [5, 5.41) is 0. The van der Waals surface area contributed by atoms with Crippen LogP contribution in [0.2, 0.25) is 0 Å². The van der Waals surface area contributed by atoms with E-state index in [-0.39, 0.29) is 11.6 Å². The first-order valence-electron chi connectivity index (χ1n) is 6.15. The van der Waals surface area contributed by atoms with Gasteiger partial charge in [-0.3, -0.25) is 4.79 Å². The van der Waals surface area contributed by atoms with Gasteiger partial charge in [-0.2, -0.15) is 0 Å². The molecular weight excluding hydrogens is 307 g/mol. The number of halogens is 2. The summed E-state index contributed by atoms with van der Waals surface area (Å²) in [6, 6.07) is 14.6. The van der Waals surface area contributed by atoms with Gasteiger partial charge in [0, 0.05) is 12.8 Å². The van der Waals surface area contributed by atoms with Crippen LogP contribution in [0.15, 0.2) is 53.0 Å². The van der Waals surface area contributed by atoms with Crippen molar-refractivity contribution in [2.75, 3.05) is 0 Å². The van der Waals surface area contributed by atoms with Crippen LogP contribution in [0.25, 0.3) is 0 Å². The molecule has 0 aliphatic carbocycles. The van der Waals surface area contributed by atoms with Crippen molar-refractivity contribution in [2.24, 2.45) is 0 Å². The highest BCUT2D eigenvalue weighted by atomic mass is 79.9. The van der Waals surface area contributed by atoms with E-state index in [2.05, 4.69) is 15.9 Å². The second-order valence-corrected chi connectivity index (χ2v) is 5.30. The molecule has 3 heteroatoms. The third-order valence-electron chi connectivity index (χ3n) is 2.92. The third kappa shape index (κ3) is 4.28. The SMILES string of the molecule is O=C(CCc1ccccc1)Cc1ccc(F)c(Br)c1. The molecule has 0 saturated carbocycles. The Labute approximate surface area is 120 Å². The summed E-state index contributed by atoms with van der Waals surface area (Å²) < 4.78 is 13.5. The first kappa shape index (κ1) is 13.9. The molecule has 0 unspecified atom stereocenters. The van der Waals surface area contributed by atoms with Gasteiger partial charge in [-0.25, -0.2) is 4.39 Å². The van der Waals surface area contributed by atoms with Gasteiger partial charge in [-0.05, 0) is 45.6 Å². The van der Waals surface area contributed by atoms with E-state index in [1.54, 1.807) is 12.1 Å². The molecule has 2 aromatic rings. The average molecular weight is 321 g/mol. The first-order chi connectivity index (χ1) is 9.15. The first-order valence-corrected chi connectivity index (χ1v) is 6.94. The van der Waals surface area contributed by atoms with Gasteiger partial charge in [0.15, 0.2) is 0 Å². The second kappa shape index (κ2) is 6.62. The number of rotatable bonds is 5. The van der Waals surface area contributed by atoms with Crippen molar-refractivity contribution in [3.05, 3.63) is 69.9 Å². The predicted octanol–water partition coefficient (Wildman–Crippen LogP) is 4.33. The smallest absolute Gasteiger partial charge is 0.137 e. The Morgan fingerprint density at radius 2 is 1.79 bits per heavy atom. The van der Waals surface area contributed by atoms with Crippen LogP contribution in [0.1, 0.15) is 17.5 Å². The van der Waals surface area contributed by atoms with Crippen molar-refractivity contribution in [3.63, 3.8) is 0 Å².